The Bertz CT molecular complexity index is 678. The van der Waals surface area contributed by atoms with Gasteiger partial charge in [-0.25, -0.2) is 13.4 Å². The molecule has 0 radical (unpaired) electrons. The fourth-order valence-corrected chi connectivity index (χ4v) is 4.98. The number of nitrogens with one attached hydrogen (secondary N) is 2. The fourth-order valence-electron chi connectivity index (χ4n) is 2.80. The number of hydrogen-bond acceptors (Lipinski definition) is 5. The molecule has 116 valence electrons. The van der Waals surface area contributed by atoms with Gasteiger partial charge in [-0.15, -0.1) is 0 Å². The normalized spacial score (nSPS) is 24.5. The maximum atomic E-state index is 12.6. The monoisotopic (exact) mass is 321 g/mol. The molecule has 0 bridgehead atoms. The van der Waals surface area contributed by atoms with Gasteiger partial charge in [-0.05, 0) is 19.1 Å². The molecule has 2 N–H and O–H groups in total. The second-order valence-electron chi connectivity index (χ2n) is 5.55. The van der Waals surface area contributed by atoms with E-state index in [0.29, 0.717) is 25.7 Å². The Morgan fingerprint density at radius 3 is 2.33 bits per heavy atom. The lowest BCUT2D eigenvalue weighted by Gasteiger charge is -2.55. The summed E-state index contributed by atoms with van der Waals surface area (Å²) in [6.45, 7) is 3.07. The number of halogens is 3. The molecule has 9 heteroatoms. The minimum Gasteiger partial charge on any atom is -0.315 e. The Kier molecular flexibility index (Phi) is 3.09. The lowest BCUT2D eigenvalue weighted by atomic mass is 9.76. The van der Waals surface area contributed by atoms with E-state index in [1.54, 1.807) is 0 Å². The quantitative estimate of drug-likeness (QED) is 0.839. The summed E-state index contributed by atoms with van der Waals surface area (Å²) >= 11 is 0. The van der Waals surface area contributed by atoms with Crippen LogP contribution in [0.3, 0.4) is 0 Å². The van der Waals surface area contributed by atoms with Gasteiger partial charge in [0.25, 0.3) is 0 Å². The molecule has 3 rings (SSSR count). The average Bonchev–Trinajstić information content (AvgIpc) is 2.22. The highest BCUT2D eigenvalue weighted by atomic mass is 32.2. The molecule has 2 fully saturated rings. The van der Waals surface area contributed by atoms with Gasteiger partial charge in [-0.1, -0.05) is 0 Å². The van der Waals surface area contributed by atoms with Crippen LogP contribution in [-0.4, -0.2) is 38.4 Å². The Morgan fingerprint density at radius 2 is 1.95 bits per heavy atom. The van der Waals surface area contributed by atoms with Crippen molar-refractivity contribution in [1.29, 1.82) is 0 Å². The lowest BCUT2D eigenvalue weighted by Crippen LogP contribution is -2.77. The lowest BCUT2D eigenvalue weighted by molar-refractivity contribution is -0.141. The van der Waals surface area contributed by atoms with Crippen LogP contribution >= 0.6 is 0 Å². The number of aromatic nitrogens is 1. The molecule has 0 amide bonds. The van der Waals surface area contributed by atoms with E-state index in [-0.39, 0.29) is 16.0 Å². The van der Waals surface area contributed by atoms with Crippen LogP contribution in [0.2, 0.25) is 0 Å². The highest BCUT2D eigenvalue weighted by Gasteiger charge is 2.57. The molecule has 3 heterocycles. The van der Waals surface area contributed by atoms with Crippen LogP contribution < -0.4 is 10.6 Å². The minimum absolute atomic E-state index is 0.124. The number of aryl methyl sites for hydroxylation is 1. The van der Waals surface area contributed by atoms with Gasteiger partial charge < -0.3 is 5.32 Å². The van der Waals surface area contributed by atoms with Gasteiger partial charge in [0, 0.05) is 25.0 Å². The molecule has 21 heavy (non-hydrogen) atoms. The van der Waals surface area contributed by atoms with Crippen molar-refractivity contribution in [3.8, 4) is 0 Å². The van der Waals surface area contributed by atoms with Gasteiger partial charge in [-0.3, -0.25) is 5.32 Å². The molecule has 0 aromatic carbocycles. The second kappa shape index (κ2) is 4.40. The van der Waals surface area contributed by atoms with Crippen LogP contribution in [0.5, 0.6) is 0 Å². The Labute approximate surface area is 119 Å². The van der Waals surface area contributed by atoms with Crippen molar-refractivity contribution in [3.63, 3.8) is 0 Å². The summed E-state index contributed by atoms with van der Waals surface area (Å²) in [6, 6.07) is 1.71. The third kappa shape index (κ3) is 2.14. The minimum atomic E-state index is -4.58. The number of alkyl halides is 3. The molecule has 1 spiro atoms. The van der Waals surface area contributed by atoms with E-state index in [2.05, 4.69) is 15.6 Å². The molecular formula is C12H14F3N3O2S. The van der Waals surface area contributed by atoms with Crippen LogP contribution in [0, 0.1) is 12.3 Å². The molecule has 2 aliphatic heterocycles. The molecule has 1 aromatic heterocycles. The summed E-state index contributed by atoms with van der Waals surface area (Å²) in [5.41, 5.74) is -1.55. The largest absolute Gasteiger partial charge is 0.433 e. The van der Waals surface area contributed by atoms with E-state index >= 15 is 0 Å². The van der Waals surface area contributed by atoms with Crippen molar-refractivity contribution in [2.45, 2.75) is 23.4 Å². The van der Waals surface area contributed by atoms with Crippen molar-refractivity contribution < 1.29 is 21.6 Å². The Balaban J connectivity index is 1.97. The first-order valence-electron chi connectivity index (χ1n) is 6.40. The van der Waals surface area contributed by atoms with Crippen molar-refractivity contribution in [1.82, 2.24) is 15.6 Å². The van der Waals surface area contributed by atoms with E-state index in [4.69, 9.17) is 0 Å². The van der Waals surface area contributed by atoms with Crippen LogP contribution in [-0.2, 0) is 16.0 Å². The highest BCUT2D eigenvalue weighted by Crippen LogP contribution is 2.40. The van der Waals surface area contributed by atoms with Gasteiger partial charge in [0.2, 0.25) is 0 Å². The van der Waals surface area contributed by atoms with Gasteiger partial charge >= 0.3 is 6.18 Å². The maximum Gasteiger partial charge on any atom is 0.433 e. The number of pyridine rings is 1. The standard InChI is InChI=1S/C12H14F3N3O2S/c1-7-8(2-3-9(18-7)12(13,14)15)21(19,20)10-11(6-17-10)4-16-5-11/h2-3,10,16-17H,4-6H2,1H3. The van der Waals surface area contributed by atoms with E-state index in [1.165, 1.54) is 6.92 Å². The van der Waals surface area contributed by atoms with Crippen molar-refractivity contribution in [2.75, 3.05) is 19.6 Å². The van der Waals surface area contributed by atoms with E-state index in [0.717, 1.165) is 6.07 Å². The van der Waals surface area contributed by atoms with Crippen molar-refractivity contribution in [3.05, 3.63) is 23.5 Å². The molecule has 0 saturated carbocycles. The summed E-state index contributed by atoms with van der Waals surface area (Å²) in [6.07, 6.45) is -4.58. The first kappa shape index (κ1) is 14.7. The van der Waals surface area contributed by atoms with Crippen molar-refractivity contribution >= 4 is 9.84 Å². The number of hydrogen-bond donors (Lipinski definition) is 2. The summed E-state index contributed by atoms with van der Waals surface area (Å²) < 4.78 is 62.9. The highest BCUT2D eigenvalue weighted by molar-refractivity contribution is 7.92. The summed E-state index contributed by atoms with van der Waals surface area (Å²) in [7, 11) is -3.74. The van der Waals surface area contributed by atoms with Crippen LogP contribution in [0.25, 0.3) is 0 Å². The molecule has 1 unspecified atom stereocenters. The van der Waals surface area contributed by atoms with Gasteiger partial charge in [0.15, 0.2) is 9.84 Å². The predicted molar refractivity (Wildman–Crippen MR) is 68.3 cm³/mol. The first-order chi connectivity index (χ1) is 9.67. The molecule has 1 aromatic rings. The average molecular weight is 321 g/mol. The second-order valence-corrected chi connectivity index (χ2v) is 7.55. The summed E-state index contributed by atoms with van der Waals surface area (Å²) in [5, 5.41) is 5.14. The van der Waals surface area contributed by atoms with Gasteiger partial charge in [0.1, 0.15) is 11.1 Å². The maximum absolute atomic E-state index is 12.6. The fraction of sp³-hybridized carbons (Fsp3) is 0.583. The first-order valence-corrected chi connectivity index (χ1v) is 7.94. The van der Waals surface area contributed by atoms with Crippen LogP contribution in [0.15, 0.2) is 17.0 Å². The molecule has 1 atom stereocenters. The number of sulfone groups is 1. The van der Waals surface area contributed by atoms with Crippen LogP contribution in [0.1, 0.15) is 11.4 Å². The van der Waals surface area contributed by atoms with Crippen molar-refractivity contribution in [2.24, 2.45) is 5.41 Å². The van der Waals surface area contributed by atoms with E-state index in [9.17, 15) is 21.6 Å². The zero-order chi connectivity index (χ0) is 15.5. The van der Waals surface area contributed by atoms with Gasteiger partial charge in [-0.2, -0.15) is 13.2 Å². The molecule has 5 nitrogen and oxygen atoms in total. The molecule has 0 aliphatic carbocycles. The summed E-state index contributed by atoms with van der Waals surface area (Å²) in [5.74, 6) is 0. The van der Waals surface area contributed by atoms with Crippen LogP contribution in [0.4, 0.5) is 13.2 Å². The third-order valence-electron chi connectivity index (χ3n) is 4.09. The Morgan fingerprint density at radius 1 is 1.29 bits per heavy atom. The zero-order valence-corrected chi connectivity index (χ0v) is 12.0. The SMILES string of the molecule is Cc1nc(C(F)(F)F)ccc1S(=O)(=O)C1NCC12CNC2. The number of nitrogens with zero attached hydrogens (tertiary/aromatic N) is 1. The molecule has 2 aliphatic rings. The predicted octanol–water partition coefficient (Wildman–Crippen LogP) is 0.701. The van der Waals surface area contributed by atoms with Gasteiger partial charge in [0.05, 0.1) is 10.6 Å². The Hall–Kier alpha value is -1.19. The molecule has 2 saturated heterocycles. The number of rotatable bonds is 2. The van der Waals surface area contributed by atoms with E-state index in [1.807, 2.05) is 0 Å². The van der Waals surface area contributed by atoms with E-state index < -0.39 is 27.1 Å². The third-order valence-corrected chi connectivity index (χ3v) is 6.43. The summed E-state index contributed by atoms with van der Waals surface area (Å²) in [4.78, 5) is 3.26. The zero-order valence-electron chi connectivity index (χ0n) is 11.2. The smallest absolute Gasteiger partial charge is 0.315 e. The molecular weight excluding hydrogens is 307 g/mol. The topological polar surface area (TPSA) is 71.1 Å².